The Balaban J connectivity index is 1.55. The Morgan fingerprint density at radius 1 is 1.21 bits per heavy atom. The van der Waals surface area contributed by atoms with E-state index in [4.69, 9.17) is 23.2 Å². The van der Waals surface area contributed by atoms with Gasteiger partial charge in [0, 0.05) is 29.5 Å². The number of hydrogen-bond acceptors (Lipinski definition) is 4. The molecule has 4 nitrogen and oxygen atoms in total. The molecule has 29 heavy (non-hydrogen) atoms. The molecule has 0 aliphatic carbocycles. The van der Waals surface area contributed by atoms with Gasteiger partial charge in [-0.15, -0.1) is 11.3 Å². The lowest BCUT2D eigenvalue weighted by molar-refractivity contribution is 0.102. The summed E-state index contributed by atoms with van der Waals surface area (Å²) in [5.74, 6) is -0.367. The van der Waals surface area contributed by atoms with Gasteiger partial charge in [0.2, 0.25) is 0 Å². The molecule has 0 fully saturated rings. The van der Waals surface area contributed by atoms with Gasteiger partial charge in [0.25, 0.3) is 5.91 Å². The Kier molecular flexibility index (Phi) is 5.89. The molecular formula is C22H17Cl2N3OS. The van der Waals surface area contributed by atoms with Gasteiger partial charge in [-0.05, 0) is 35.7 Å². The molecule has 0 atom stereocenters. The third-order valence-electron chi connectivity index (χ3n) is 4.90. The number of carbonyl (C=O) groups excluding carboxylic acids is 1. The molecule has 1 amide bonds. The minimum Gasteiger partial charge on any atom is -0.312 e. The smallest absolute Gasteiger partial charge is 0.257 e. The fraction of sp³-hybridized carbons (Fsp3) is 0.182. The number of amides is 1. The van der Waals surface area contributed by atoms with Crippen LogP contribution in [0.1, 0.15) is 31.9 Å². The van der Waals surface area contributed by atoms with Gasteiger partial charge in [0.15, 0.2) is 0 Å². The first kappa shape index (κ1) is 19.9. The molecule has 1 aliphatic heterocycles. The number of fused-ring (bicyclic) bond motifs is 1. The van der Waals surface area contributed by atoms with Gasteiger partial charge in [-0.25, -0.2) is 0 Å². The van der Waals surface area contributed by atoms with E-state index in [9.17, 15) is 10.1 Å². The van der Waals surface area contributed by atoms with Crippen molar-refractivity contribution >= 4 is 45.4 Å². The number of nitrogens with zero attached hydrogens (tertiary/aromatic N) is 2. The van der Waals surface area contributed by atoms with E-state index in [2.05, 4.69) is 28.4 Å². The number of benzene rings is 2. The van der Waals surface area contributed by atoms with Crippen molar-refractivity contribution in [2.45, 2.75) is 19.5 Å². The van der Waals surface area contributed by atoms with E-state index in [1.807, 2.05) is 18.2 Å². The summed E-state index contributed by atoms with van der Waals surface area (Å²) in [6, 6.07) is 17.3. The Morgan fingerprint density at radius 3 is 2.76 bits per heavy atom. The van der Waals surface area contributed by atoms with Crippen molar-refractivity contribution in [1.29, 1.82) is 5.26 Å². The summed E-state index contributed by atoms with van der Waals surface area (Å²) >= 11 is 13.6. The second kappa shape index (κ2) is 8.56. The highest BCUT2D eigenvalue weighted by atomic mass is 35.5. The fourth-order valence-electron chi connectivity index (χ4n) is 3.48. The van der Waals surface area contributed by atoms with Crippen LogP contribution in [0.3, 0.4) is 0 Å². The average molecular weight is 442 g/mol. The molecule has 0 radical (unpaired) electrons. The van der Waals surface area contributed by atoms with E-state index in [-0.39, 0.29) is 5.91 Å². The summed E-state index contributed by atoms with van der Waals surface area (Å²) in [5.41, 5.74) is 3.14. The van der Waals surface area contributed by atoms with Crippen LogP contribution in [0.4, 0.5) is 5.00 Å². The van der Waals surface area contributed by atoms with Gasteiger partial charge in [0.05, 0.1) is 16.1 Å². The van der Waals surface area contributed by atoms with Crippen LogP contribution in [-0.4, -0.2) is 17.4 Å². The largest absolute Gasteiger partial charge is 0.312 e. The molecule has 2 aromatic carbocycles. The van der Waals surface area contributed by atoms with Gasteiger partial charge in [-0.2, -0.15) is 5.26 Å². The number of anilines is 1. The zero-order valence-electron chi connectivity index (χ0n) is 15.4. The van der Waals surface area contributed by atoms with Crippen LogP contribution in [0.15, 0.2) is 48.5 Å². The maximum absolute atomic E-state index is 12.7. The summed E-state index contributed by atoms with van der Waals surface area (Å²) in [4.78, 5) is 16.2. The number of thiophene rings is 1. The molecule has 3 aromatic rings. The van der Waals surface area contributed by atoms with E-state index in [0.29, 0.717) is 26.2 Å². The van der Waals surface area contributed by atoms with Crippen molar-refractivity contribution < 1.29 is 4.79 Å². The first-order valence-electron chi connectivity index (χ1n) is 9.12. The third kappa shape index (κ3) is 4.31. The molecule has 0 saturated heterocycles. The van der Waals surface area contributed by atoms with Crippen LogP contribution in [-0.2, 0) is 19.5 Å². The predicted molar refractivity (Wildman–Crippen MR) is 118 cm³/mol. The van der Waals surface area contributed by atoms with Crippen molar-refractivity contribution in [3.8, 4) is 6.07 Å². The molecular weight excluding hydrogens is 425 g/mol. The monoisotopic (exact) mass is 441 g/mol. The first-order chi connectivity index (χ1) is 14.0. The van der Waals surface area contributed by atoms with Gasteiger partial charge < -0.3 is 5.32 Å². The highest BCUT2D eigenvalue weighted by molar-refractivity contribution is 7.16. The Morgan fingerprint density at radius 2 is 2.00 bits per heavy atom. The second-order valence-corrected chi connectivity index (χ2v) is 8.79. The van der Waals surface area contributed by atoms with Gasteiger partial charge in [0.1, 0.15) is 11.1 Å². The summed E-state index contributed by atoms with van der Waals surface area (Å²) in [5, 5.41) is 13.9. The maximum Gasteiger partial charge on any atom is 0.257 e. The van der Waals surface area contributed by atoms with E-state index < -0.39 is 0 Å². The van der Waals surface area contributed by atoms with Gasteiger partial charge in [-0.1, -0.05) is 53.5 Å². The summed E-state index contributed by atoms with van der Waals surface area (Å²) in [6.45, 7) is 2.50. The van der Waals surface area contributed by atoms with Crippen LogP contribution in [0.25, 0.3) is 0 Å². The molecule has 4 rings (SSSR count). The van der Waals surface area contributed by atoms with Crippen LogP contribution >= 0.6 is 34.5 Å². The lowest BCUT2D eigenvalue weighted by Crippen LogP contribution is -2.29. The van der Waals surface area contributed by atoms with Crippen molar-refractivity contribution in [2.24, 2.45) is 0 Å². The van der Waals surface area contributed by atoms with E-state index in [1.165, 1.54) is 23.0 Å². The summed E-state index contributed by atoms with van der Waals surface area (Å²) in [7, 11) is 0. The van der Waals surface area contributed by atoms with Crippen LogP contribution in [0.5, 0.6) is 0 Å². The standard InChI is InChI=1S/C22H17Cl2N3OS/c23-15-6-7-19(24)17(10-15)21(28)26-22-18(11-25)16-8-9-27(13-20(16)29-22)12-14-4-2-1-3-5-14/h1-7,10H,8-9,12-13H2,(H,26,28). The third-order valence-corrected chi connectivity index (χ3v) is 6.59. The first-order valence-corrected chi connectivity index (χ1v) is 10.7. The molecule has 0 spiro atoms. The highest BCUT2D eigenvalue weighted by Gasteiger charge is 2.26. The van der Waals surface area contributed by atoms with Crippen LogP contribution in [0, 0.1) is 11.3 Å². The number of carbonyl (C=O) groups is 1. The number of nitriles is 1. The number of hydrogen-bond donors (Lipinski definition) is 1. The fourth-order valence-corrected chi connectivity index (χ4v) is 5.09. The topological polar surface area (TPSA) is 56.1 Å². The molecule has 1 aromatic heterocycles. The van der Waals surface area contributed by atoms with E-state index >= 15 is 0 Å². The molecule has 1 aliphatic rings. The zero-order valence-corrected chi connectivity index (χ0v) is 17.7. The molecule has 2 heterocycles. The number of halogens is 2. The van der Waals surface area contributed by atoms with Gasteiger partial charge in [-0.3, -0.25) is 9.69 Å². The SMILES string of the molecule is N#Cc1c(NC(=O)c2cc(Cl)ccc2Cl)sc2c1CCN(Cc1ccccc1)C2. The van der Waals surface area contributed by atoms with Crippen molar-refractivity contribution in [3.63, 3.8) is 0 Å². The predicted octanol–water partition coefficient (Wildman–Crippen LogP) is 5.74. The highest BCUT2D eigenvalue weighted by Crippen LogP contribution is 2.37. The molecule has 0 saturated carbocycles. The minimum atomic E-state index is -0.367. The van der Waals surface area contributed by atoms with Crippen molar-refractivity contribution in [2.75, 3.05) is 11.9 Å². The van der Waals surface area contributed by atoms with E-state index in [1.54, 1.807) is 12.1 Å². The lowest BCUT2D eigenvalue weighted by Gasteiger charge is -2.26. The van der Waals surface area contributed by atoms with Crippen molar-refractivity contribution in [3.05, 3.63) is 85.7 Å². The second-order valence-electron chi connectivity index (χ2n) is 6.84. The van der Waals surface area contributed by atoms with Crippen LogP contribution < -0.4 is 5.32 Å². The quantitative estimate of drug-likeness (QED) is 0.561. The number of nitrogens with one attached hydrogen (secondary N) is 1. The van der Waals surface area contributed by atoms with Crippen LogP contribution in [0.2, 0.25) is 10.0 Å². The molecule has 1 N–H and O–H groups in total. The maximum atomic E-state index is 12.7. The summed E-state index contributed by atoms with van der Waals surface area (Å²) < 4.78 is 0. The molecule has 0 unspecified atom stereocenters. The summed E-state index contributed by atoms with van der Waals surface area (Å²) in [6.07, 6.45) is 0.787. The molecule has 0 bridgehead atoms. The molecule has 146 valence electrons. The average Bonchev–Trinajstić information content (AvgIpc) is 3.06. The Labute approximate surface area is 183 Å². The number of rotatable bonds is 4. The lowest BCUT2D eigenvalue weighted by atomic mass is 10.0. The minimum absolute atomic E-state index is 0.292. The van der Waals surface area contributed by atoms with E-state index in [0.717, 1.165) is 36.5 Å². The Bertz CT molecular complexity index is 1110. The zero-order chi connectivity index (χ0) is 20.4. The normalized spacial score (nSPS) is 13.6. The van der Waals surface area contributed by atoms with Gasteiger partial charge >= 0.3 is 0 Å². The van der Waals surface area contributed by atoms with Crippen molar-refractivity contribution in [1.82, 2.24) is 4.90 Å². The Hall–Kier alpha value is -2.36. The molecule has 7 heteroatoms.